The van der Waals surface area contributed by atoms with Gasteiger partial charge in [-0.3, -0.25) is 4.68 Å². The molecular formula is C7H9F2N3O. The van der Waals surface area contributed by atoms with Crippen LogP contribution < -0.4 is 0 Å². The number of alkyl halides is 2. The van der Waals surface area contributed by atoms with Gasteiger partial charge < -0.3 is 5.21 Å². The van der Waals surface area contributed by atoms with E-state index in [9.17, 15) is 8.78 Å². The van der Waals surface area contributed by atoms with E-state index < -0.39 is 12.1 Å². The molecule has 13 heavy (non-hydrogen) atoms. The predicted molar refractivity (Wildman–Crippen MR) is 42.3 cm³/mol. The fourth-order valence-electron chi connectivity index (χ4n) is 1.07. The van der Waals surface area contributed by atoms with Crippen LogP contribution in [0.1, 0.15) is 11.3 Å². The fraction of sp³-hybridized carbons (Fsp3) is 0.429. The Kier molecular flexibility index (Phi) is 2.60. The summed E-state index contributed by atoms with van der Waals surface area (Å²) in [6.07, 6.45) is -1.41. The first kappa shape index (κ1) is 9.63. The zero-order valence-corrected chi connectivity index (χ0v) is 7.20. The number of halogens is 2. The molecule has 0 unspecified atom stereocenters. The van der Waals surface area contributed by atoms with Crippen LogP contribution in [0.25, 0.3) is 0 Å². The molecule has 0 aliphatic rings. The summed E-state index contributed by atoms with van der Waals surface area (Å²) in [5, 5.41) is 14.8. The largest absolute Gasteiger partial charge is 0.410 e. The summed E-state index contributed by atoms with van der Waals surface area (Å²) < 4.78 is 25.9. The van der Waals surface area contributed by atoms with E-state index in [2.05, 4.69) is 10.3 Å². The normalized spacial score (nSPS) is 12.5. The highest BCUT2D eigenvalue weighted by atomic mass is 19.3. The molecule has 1 rings (SSSR count). The minimum Gasteiger partial charge on any atom is -0.410 e. The van der Waals surface area contributed by atoms with Gasteiger partial charge in [-0.2, -0.15) is 5.10 Å². The third-order valence-electron chi connectivity index (χ3n) is 1.60. The van der Waals surface area contributed by atoms with Crippen molar-refractivity contribution in [2.24, 2.45) is 12.2 Å². The number of aromatic nitrogens is 2. The summed E-state index contributed by atoms with van der Waals surface area (Å²) in [5.74, 6) is 0. The first-order chi connectivity index (χ1) is 6.06. The molecule has 0 saturated heterocycles. The van der Waals surface area contributed by atoms with Crippen LogP contribution in [0, 0.1) is 6.92 Å². The molecule has 0 fully saturated rings. The zero-order valence-electron chi connectivity index (χ0n) is 7.20. The topological polar surface area (TPSA) is 50.4 Å². The zero-order chi connectivity index (χ0) is 10.0. The summed E-state index contributed by atoms with van der Waals surface area (Å²) in [6, 6.07) is 0. The van der Waals surface area contributed by atoms with Crippen LogP contribution in [0.4, 0.5) is 8.78 Å². The van der Waals surface area contributed by atoms with Crippen molar-refractivity contribution in [3.8, 4) is 0 Å². The molecule has 1 aromatic rings. The molecule has 0 aliphatic carbocycles. The second-order valence-electron chi connectivity index (χ2n) is 2.59. The van der Waals surface area contributed by atoms with E-state index in [1.165, 1.54) is 10.9 Å². The van der Waals surface area contributed by atoms with Gasteiger partial charge in [0.05, 0.1) is 5.69 Å². The highest BCUT2D eigenvalue weighted by Crippen LogP contribution is 2.11. The highest BCUT2D eigenvalue weighted by Gasteiger charge is 2.20. The maximum absolute atomic E-state index is 12.2. The molecule has 0 radical (unpaired) electrons. The standard InChI is InChI=1S/C7H9F2N3O/c1-4-5(3-12(2)10-4)6(11-13)7(8)9/h3,7,13H,1-2H3. The number of nitrogens with zero attached hydrogens (tertiary/aromatic N) is 3. The van der Waals surface area contributed by atoms with E-state index in [1.807, 2.05) is 0 Å². The summed E-state index contributed by atoms with van der Waals surface area (Å²) in [6.45, 7) is 1.57. The average Bonchev–Trinajstić information content (AvgIpc) is 2.31. The van der Waals surface area contributed by atoms with Crippen molar-refractivity contribution in [2.75, 3.05) is 0 Å². The molecule has 0 aliphatic heterocycles. The second-order valence-corrected chi connectivity index (χ2v) is 2.59. The Labute approximate surface area is 73.5 Å². The monoisotopic (exact) mass is 189 g/mol. The Morgan fingerprint density at radius 1 is 1.69 bits per heavy atom. The number of oxime groups is 1. The number of rotatable bonds is 2. The SMILES string of the molecule is Cc1nn(C)cc1C(=NO)C(F)F. The molecule has 1 aromatic heterocycles. The molecule has 0 spiro atoms. The fourth-order valence-corrected chi connectivity index (χ4v) is 1.07. The van der Waals surface area contributed by atoms with Gasteiger partial charge in [0.15, 0.2) is 5.71 Å². The molecule has 0 bridgehead atoms. The van der Waals surface area contributed by atoms with Crippen LogP contribution in [0.15, 0.2) is 11.4 Å². The summed E-state index contributed by atoms with van der Waals surface area (Å²) in [4.78, 5) is 0. The van der Waals surface area contributed by atoms with Crippen molar-refractivity contribution in [1.82, 2.24) is 9.78 Å². The van der Waals surface area contributed by atoms with Crippen LogP contribution in [0.5, 0.6) is 0 Å². The molecule has 0 aromatic carbocycles. The molecule has 6 heteroatoms. The number of hydrogen-bond donors (Lipinski definition) is 1. The van der Waals surface area contributed by atoms with Gasteiger partial charge in [-0.25, -0.2) is 8.78 Å². The van der Waals surface area contributed by atoms with E-state index in [0.29, 0.717) is 5.69 Å². The van der Waals surface area contributed by atoms with E-state index in [4.69, 9.17) is 5.21 Å². The molecule has 0 amide bonds. The average molecular weight is 189 g/mol. The van der Waals surface area contributed by atoms with Crippen LogP contribution in [-0.2, 0) is 7.05 Å². The van der Waals surface area contributed by atoms with Crippen molar-refractivity contribution < 1.29 is 14.0 Å². The van der Waals surface area contributed by atoms with Crippen molar-refractivity contribution in [3.63, 3.8) is 0 Å². The Bertz CT molecular complexity index is 332. The van der Waals surface area contributed by atoms with Gasteiger partial charge in [0.2, 0.25) is 0 Å². The lowest BCUT2D eigenvalue weighted by Gasteiger charge is -1.99. The maximum Gasteiger partial charge on any atom is 0.284 e. The predicted octanol–water partition coefficient (Wildman–Crippen LogP) is 1.17. The lowest BCUT2D eigenvalue weighted by molar-refractivity contribution is 0.215. The van der Waals surface area contributed by atoms with Gasteiger partial charge in [-0.05, 0) is 6.92 Å². The Hall–Kier alpha value is -1.46. The van der Waals surface area contributed by atoms with E-state index >= 15 is 0 Å². The van der Waals surface area contributed by atoms with Crippen LogP contribution >= 0.6 is 0 Å². The van der Waals surface area contributed by atoms with Gasteiger partial charge in [0, 0.05) is 18.8 Å². The third kappa shape index (κ3) is 1.82. The minimum absolute atomic E-state index is 0.167. The quantitative estimate of drug-likeness (QED) is 0.431. The lowest BCUT2D eigenvalue weighted by atomic mass is 10.2. The van der Waals surface area contributed by atoms with Crippen LogP contribution in [0.2, 0.25) is 0 Å². The molecule has 72 valence electrons. The molecule has 0 atom stereocenters. The molecule has 4 nitrogen and oxygen atoms in total. The lowest BCUT2D eigenvalue weighted by Crippen LogP contribution is -2.12. The van der Waals surface area contributed by atoms with Gasteiger partial charge in [-0.15, -0.1) is 0 Å². The maximum atomic E-state index is 12.2. The van der Waals surface area contributed by atoms with Crippen molar-refractivity contribution in [3.05, 3.63) is 17.5 Å². The van der Waals surface area contributed by atoms with Crippen molar-refractivity contribution >= 4 is 5.71 Å². The van der Waals surface area contributed by atoms with Crippen molar-refractivity contribution in [2.45, 2.75) is 13.3 Å². The Morgan fingerprint density at radius 3 is 2.62 bits per heavy atom. The molecule has 0 saturated carbocycles. The first-order valence-electron chi connectivity index (χ1n) is 3.57. The van der Waals surface area contributed by atoms with E-state index in [1.54, 1.807) is 14.0 Å². The van der Waals surface area contributed by atoms with Gasteiger partial charge in [-0.1, -0.05) is 5.16 Å². The number of aryl methyl sites for hydroxylation is 2. The Morgan fingerprint density at radius 2 is 2.31 bits per heavy atom. The smallest absolute Gasteiger partial charge is 0.284 e. The number of hydrogen-bond acceptors (Lipinski definition) is 3. The van der Waals surface area contributed by atoms with Crippen molar-refractivity contribution in [1.29, 1.82) is 0 Å². The van der Waals surface area contributed by atoms with Crippen LogP contribution in [0.3, 0.4) is 0 Å². The molecule has 1 heterocycles. The third-order valence-corrected chi connectivity index (χ3v) is 1.60. The Balaban J connectivity index is 3.13. The summed E-state index contributed by atoms with van der Waals surface area (Å²) in [7, 11) is 1.61. The van der Waals surface area contributed by atoms with Gasteiger partial charge in [0.25, 0.3) is 6.43 Å². The van der Waals surface area contributed by atoms with E-state index in [-0.39, 0.29) is 5.56 Å². The second kappa shape index (κ2) is 3.51. The summed E-state index contributed by atoms with van der Waals surface area (Å²) in [5.41, 5.74) is -0.0683. The first-order valence-corrected chi connectivity index (χ1v) is 3.57. The summed E-state index contributed by atoms with van der Waals surface area (Å²) >= 11 is 0. The molecule has 1 N–H and O–H groups in total. The van der Waals surface area contributed by atoms with E-state index in [0.717, 1.165) is 0 Å². The minimum atomic E-state index is -2.80. The molecular weight excluding hydrogens is 180 g/mol. The highest BCUT2D eigenvalue weighted by molar-refractivity contribution is 6.03. The van der Waals surface area contributed by atoms with Gasteiger partial charge >= 0.3 is 0 Å². The van der Waals surface area contributed by atoms with Crippen LogP contribution in [-0.4, -0.2) is 27.1 Å². The van der Waals surface area contributed by atoms with Gasteiger partial charge in [0.1, 0.15) is 0 Å².